The van der Waals surface area contributed by atoms with Gasteiger partial charge >= 0.3 is 6.18 Å². The highest BCUT2D eigenvalue weighted by Crippen LogP contribution is 2.38. The van der Waals surface area contributed by atoms with Gasteiger partial charge in [0.2, 0.25) is 0 Å². The molecule has 0 amide bonds. The zero-order valence-electron chi connectivity index (χ0n) is 19.5. The third kappa shape index (κ3) is 4.51. The standard InChI is InChI=1S/C30H20F3N3O/c31-30(32,33)26-10-4-9-25-28(26)35-36(19-20-6-2-1-3-7-20)29(25)22-12-14-23(15-13-22)37-24-16-11-21-8-5-17-34-27(21)18-24/h1-18H,19H2. The van der Waals surface area contributed by atoms with Gasteiger partial charge in [0, 0.05) is 28.6 Å². The zero-order chi connectivity index (χ0) is 25.4. The molecule has 2 aromatic heterocycles. The molecule has 0 bridgehead atoms. The number of pyridine rings is 1. The number of fused-ring (bicyclic) bond motifs is 2. The number of hydrogen-bond donors (Lipinski definition) is 0. The second-order valence-corrected chi connectivity index (χ2v) is 8.68. The van der Waals surface area contributed by atoms with E-state index in [1.54, 1.807) is 29.1 Å². The molecule has 4 aromatic carbocycles. The lowest BCUT2D eigenvalue weighted by atomic mass is 10.0. The summed E-state index contributed by atoms with van der Waals surface area (Å²) in [5.41, 5.74) is 2.31. The van der Waals surface area contributed by atoms with Gasteiger partial charge < -0.3 is 4.74 Å². The second-order valence-electron chi connectivity index (χ2n) is 8.68. The molecule has 182 valence electrons. The molecule has 4 nitrogen and oxygen atoms in total. The van der Waals surface area contributed by atoms with E-state index in [9.17, 15) is 13.2 Å². The molecule has 0 aliphatic rings. The minimum Gasteiger partial charge on any atom is -0.457 e. The Morgan fingerprint density at radius 2 is 1.54 bits per heavy atom. The Bertz CT molecular complexity index is 1710. The van der Waals surface area contributed by atoms with E-state index in [2.05, 4.69) is 10.1 Å². The average molecular weight is 496 g/mol. The lowest BCUT2D eigenvalue weighted by Crippen LogP contribution is -2.06. The van der Waals surface area contributed by atoms with Gasteiger partial charge in [-0.05, 0) is 54.1 Å². The van der Waals surface area contributed by atoms with E-state index in [0.717, 1.165) is 28.1 Å². The number of hydrogen-bond acceptors (Lipinski definition) is 3. The average Bonchev–Trinajstić information content (AvgIpc) is 3.27. The van der Waals surface area contributed by atoms with E-state index < -0.39 is 11.7 Å². The van der Waals surface area contributed by atoms with Gasteiger partial charge in [-0.1, -0.05) is 48.5 Å². The Morgan fingerprint density at radius 3 is 2.32 bits per heavy atom. The van der Waals surface area contributed by atoms with Crippen LogP contribution in [0.3, 0.4) is 0 Å². The van der Waals surface area contributed by atoms with Crippen molar-refractivity contribution in [1.29, 1.82) is 0 Å². The van der Waals surface area contributed by atoms with Gasteiger partial charge in [0.15, 0.2) is 0 Å². The molecule has 7 heteroatoms. The number of nitrogens with zero attached hydrogens (tertiary/aromatic N) is 3. The molecule has 0 aliphatic carbocycles. The van der Waals surface area contributed by atoms with Crippen LogP contribution in [0.25, 0.3) is 33.1 Å². The first-order valence-corrected chi connectivity index (χ1v) is 11.7. The summed E-state index contributed by atoms with van der Waals surface area (Å²) in [6, 6.07) is 30.6. The van der Waals surface area contributed by atoms with Crippen molar-refractivity contribution >= 4 is 21.8 Å². The summed E-state index contributed by atoms with van der Waals surface area (Å²) in [6.07, 6.45) is -2.77. The van der Waals surface area contributed by atoms with E-state index in [1.807, 2.05) is 72.8 Å². The molecule has 2 heterocycles. The summed E-state index contributed by atoms with van der Waals surface area (Å²) in [7, 11) is 0. The van der Waals surface area contributed by atoms with Crippen LogP contribution >= 0.6 is 0 Å². The smallest absolute Gasteiger partial charge is 0.418 e. The predicted octanol–water partition coefficient (Wildman–Crippen LogP) is 8.11. The molecule has 6 rings (SSSR count). The van der Waals surface area contributed by atoms with Gasteiger partial charge in [0.05, 0.1) is 23.3 Å². The Hall–Kier alpha value is -4.65. The summed E-state index contributed by atoms with van der Waals surface area (Å²) in [5, 5.41) is 5.89. The highest BCUT2D eigenvalue weighted by molar-refractivity contribution is 5.95. The molecule has 0 aliphatic heterocycles. The molecule has 0 N–H and O–H groups in total. The topological polar surface area (TPSA) is 39.9 Å². The highest BCUT2D eigenvalue weighted by atomic mass is 19.4. The fourth-order valence-electron chi connectivity index (χ4n) is 4.48. The van der Waals surface area contributed by atoms with E-state index in [-0.39, 0.29) is 5.52 Å². The number of aromatic nitrogens is 3. The summed E-state index contributed by atoms with van der Waals surface area (Å²) < 4.78 is 49.0. The third-order valence-electron chi connectivity index (χ3n) is 6.19. The van der Waals surface area contributed by atoms with E-state index >= 15 is 0 Å². The molecule has 0 spiro atoms. The fourth-order valence-corrected chi connectivity index (χ4v) is 4.48. The van der Waals surface area contributed by atoms with Gasteiger partial charge in [-0.2, -0.15) is 18.3 Å². The monoisotopic (exact) mass is 495 g/mol. The van der Waals surface area contributed by atoms with Crippen LogP contribution in [0.15, 0.2) is 109 Å². The van der Waals surface area contributed by atoms with Gasteiger partial charge in [-0.3, -0.25) is 9.67 Å². The molecule has 0 radical (unpaired) electrons. The molecule has 0 fully saturated rings. The minimum atomic E-state index is -4.50. The van der Waals surface area contributed by atoms with E-state index in [4.69, 9.17) is 4.74 Å². The van der Waals surface area contributed by atoms with Crippen LogP contribution in [0.4, 0.5) is 13.2 Å². The summed E-state index contributed by atoms with van der Waals surface area (Å²) in [6.45, 7) is 0.338. The van der Waals surface area contributed by atoms with E-state index in [1.165, 1.54) is 6.07 Å². The fraction of sp³-hybridized carbons (Fsp3) is 0.0667. The number of rotatable bonds is 5. The maximum atomic E-state index is 13.8. The Kier molecular flexibility index (Phi) is 5.60. The van der Waals surface area contributed by atoms with Crippen LogP contribution < -0.4 is 4.74 Å². The highest BCUT2D eigenvalue weighted by Gasteiger charge is 2.34. The summed E-state index contributed by atoms with van der Waals surface area (Å²) >= 11 is 0. The first-order chi connectivity index (χ1) is 18.0. The Morgan fingerprint density at radius 1 is 0.757 bits per heavy atom. The minimum absolute atomic E-state index is 0.0649. The van der Waals surface area contributed by atoms with Crippen LogP contribution in [0.5, 0.6) is 11.5 Å². The normalized spacial score (nSPS) is 11.8. The lowest BCUT2D eigenvalue weighted by molar-refractivity contribution is -0.136. The van der Waals surface area contributed by atoms with Crippen LogP contribution in [-0.4, -0.2) is 14.8 Å². The number of ether oxygens (including phenoxy) is 1. The molecule has 37 heavy (non-hydrogen) atoms. The van der Waals surface area contributed by atoms with Crippen molar-refractivity contribution in [2.45, 2.75) is 12.7 Å². The Balaban J connectivity index is 1.40. The molecular weight excluding hydrogens is 475 g/mol. The number of alkyl halides is 3. The van der Waals surface area contributed by atoms with Crippen LogP contribution in [0.1, 0.15) is 11.1 Å². The Labute approximate surface area is 210 Å². The third-order valence-corrected chi connectivity index (χ3v) is 6.19. The van der Waals surface area contributed by atoms with Crippen molar-refractivity contribution in [3.8, 4) is 22.8 Å². The molecule has 0 saturated carbocycles. The van der Waals surface area contributed by atoms with Crippen molar-refractivity contribution in [1.82, 2.24) is 14.8 Å². The van der Waals surface area contributed by atoms with Crippen molar-refractivity contribution in [3.63, 3.8) is 0 Å². The van der Waals surface area contributed by atoms with Gasteiger partial charge in [-0.25, -0.2) is 0 Å². The molecule has 0 saturated heterocycles. The van der Waals surface area contributed by atoms with Gasteiger partial charge in [-0.15, -0.1) is 0 Å². The van der Waals surface area contributed by atoms with Crippen LogP contribution in [-0.2, 0) is 12.7 Å². The number of benzene rings is 4. The van der Waals surface area contributed by atoms with Crippen LogP contribution in [0, 0.1) is 0 Å². The maximum absolute atomic E-state index is 13.8. The molecule has 0 atom stereocenters. The SMILES string of the molecule is FC(F)(F)c1cccc2c(-c3ccc(Oc4ccc5cccnc5c4)cc3)n(Cc3ccccc3)nc12. The zero-order valence-corrected chi connectivity index (χ0v) is 19.5. The van der Waals surface area contributed by atoms with Crippen molar-refractivity contribution in [2.75, 3.05) is 0 Å². The molecule has 0 unspecified atom stereocenters. The van der Waals surface area contributed by atoms with Crippen molar-refractivity contribution in [3.05, 3.63) is 120 Å². The molecule has 6 aromatic rings. The summed E-state index contributed by atoms with van der Waals surface area (Å²) in [5.74, 6) is 1.25. The first-order valence-electron chi connectivity index (χ1n) is 11.7. The van der Waals surface area contributed by atoms with Gasteiger partial charge in [0.25, 0.3) is 0 Å². The second kappa shape index (κ2) is 9.09. The quantitative estimate of drug-likeness (QED) is 0.243. The number of halogens is 3. The van der Waals surface area contributed by atoms with E-state index in [0.29, 0.717) is 29.1 Å². The van der Waals surface area contributed by atoms with Crippen LogP contribution in [0.2, 0.25) is 0 Å². The van der Waals surface area contributed by atoms with Crippen molar-refractivity contribution in [2.24, 2.45) is 0 Å². The predicted molar refractivity (Wildman–Crippen MR) is 138 cm³/mol. The maximum Gasteiger partial charge on any atom is 0.418 e. The first kappa shape index (κ1) is 22.8. The van der Waals surface area contributed by atoms with Gasteiger partial charge in [0.1, 0.15) is 17.0 Å². The largest absolute Gasteiger partial charge is 0.457 e. The summed E-state index contributed by atoms with van der Waals surface area (Å²) in [4.78, 5) is 4.36. The lowest BCUT2D eigenvalue weighted by Gasteiger charge is -2.10. The van der Waals surface area contributed by atoms with Crippen molar-refractivity contribution < 1.29 is 17.9 Å². The molecular formula is C30H20F3N3O.